The lowest BCUT2D eigenvalue weighted by Gasteiger charge is -2.25. The third kappa shape index (κ3) is 4.67. The number of amides is 1. The summed E-state index contributed by atoms with van der Waals surface area (Å²) in [4.78, 5) is 12.1. The average molecular weight is 273 g/mol. The van der Waals surface area contributed by atoms with E-state index in [0.717, 1.165) is 5.56 Å². The minimum atomic E-state index is -1.08. The molecule has 0 heterocycles. The third-order valence-electron chi connectivity index (χ3n) is 3.28. The number of rotatable bonds is 8. The zero-order valence-corrected chi connectivity index (χ0v) is 12.0. The Bertz CT molecular complexity index is 441. The van der Waals surface area contributed by atoms with Gasteiger partial charge in [0.15, 0.2) is 0 Å². The van der Waals surface area contributed by atoms with E-state index in [9.17, 15) is 9.90 Å². The van der Waals surface area contributed by atoms with Crippen molar-refractivity contribution in [2.75, 3.05) is 6.54 Å². The van der Waals surface area contributed by atoms with Gasteiger partial charge in [-0.25, -0.2) is 0 Å². The maximum atomic E-state index is 12.1. The molecule has 1 amide bonds. The molecule has 20 heavy (non-hydrogen) atoms. The molecule has 0 aliphatic carbocycles. The molecule has 2 N–H and O–H groups in total. The van der Waals surface area contributed by atoms with Gasteiger partial charge in [-0.2, -0.15) is 0 Å². The topological polar surface area (TPSA) is 49.3 Å². The minimum absolute atomic E-state index is 0.0824. The minimum Gasteiger partial charge on any atom is -0.384 e. The first-order chi connectivity index (χ1) is 9.51. The molecule has 1 unspecified atom stereocenters. The zero-order chi connectivity index (χ0) is 15.0. The predicted molar refractivity (Wildman–Crippen MR) is 82.1 cm³/mol. The standard InChI is InChI=1S/C17H23NO2/c1-4-9-14(10-5-2)16(19)18-13-17(3,20)15-11-7-6-8-12-15/h4-8,11-12,14,20H,1-2,9-10,13H2,3H3,(H,18,19). The zero-order valence-electron chi connectivity index (χ0n) is 12.0. The van der Waals surface area contributed by atoms with Gasteiger partial charge in [0, 0.05) is 5.92 Å². The maximum Gasteiger partial charge on any atom is 0.223 e. The van der Waals surface area contributed by atoms with E-state index >= 15 is 0 Å². The molecule has 1 atom stereocenters. The summed E-state index contributed by atoms with van der Waals surface area (Å²) < 4.78 is 0. The molecule has 0 aromatic heterocycles. The molecule has 0 aliphatic heterocycles. The number of aliphatic hydroxyl groups is 1. The Morgan fingerprint density at radius 1 is 1.30 bits per heavy atom. The van der Waals surface area contributed by atoms with Crippen molar-refractivity contribution in [3.63, 3.8) is 0 Å². The van der Waals surface area contributed by atoms with E-state index in [4.69, 9.17) is 0 Å². The molecule has 3 nitrogen and oxygen atoms in total. The summed E-state index contributed by atoms with van der Waals surface area (Å²) in [6, 6.07) is 9.31. The van der Waals surface area contributed by atoms with E-state index in [0.29, 0.717) is 12.8 Å². The Balaban J connectivity index is 2.62. The first-order valence-corrected chi connectivity index (χ1v) is 6.78. The van der Waals surface area contributed by atoms with Gasteiger partial charge in [0.05, 0.1) is 6.54 Å². The second kappa shape index (κ2) is 7.65. The Hall–Kier alpha value is -1.87. The van der Waals surface area contributed by atoms with Crippen molar-refractivity contribution >= 4 is 5.91 Å². The molecular formula is C17H23NO2. The quantitative estimate of drug-likeness (QED) is 0.716. The van der Waals surface area contributed by atoms with Crippen molar-refractivity contribution in [2.45, 2.75) is 25.4 Å². The van der Waals surface area contributed by atoms with E-state index < -0.39 is 5.60 Å². The Kier molecular flexibility index (Phi) is 6.19. The first-order valence-electron chi connectivity index (χ1n) is 6.78. The lowest BCUT2D eigenvalue weighted by molar-refractivity contribution is -0.126. The predicted octanol–water partition coefficient (Wildman–Crippen LogP) is 2.78. The number of hydrogen-bond donors (Lipinski definition) is 2. The maximum absolute atomic E-state index is 12.1. The molecule has 1 aromatic carbocycles. The van der Waals surface area contributed by atoms with E-state index in [1.165, 1.54) is 0 Å². The SMILES string of the molecule is C=CCC(CC=C)C(=O)NCC(C)(O)c1ccccc1. The molecule has 0 saturated heterocycles. The van der Waals surface area contributed by atoms with Gasteiger partial charge < -0.3 is 10.4 Å². The van der Waals surface area contributed by atoms with Gasteiger partial charge in [0.2, 0.25) is 5.91 Å². The fourth-order valence-electron chi connectivity index (χ4n) is 2.02. The van der Waals surface area contributed by atoms with Crippen molar-refractivity contribution < 1.29 is 9.90 Å². The van der Waals surface area contributed by atoms with E-state index in [1.807, 2.05) is 30.3 Å². The van der Waals surface area contributed by atoms with Gasteiger partial charge in [0.25, 0.3) is 0 Å². The molecular weight excluding hydrogens is 250 g/mol. The summed E-state index contributed by atoms with van der Waals surface area (Å²) in [7, 11) is 0. The molecule has 108 valence electrons. The Labute approximate surface area is 121 Å². The average Bonchev–Trinajstić information content (AvgIpc) is 2.45. The number of carbonyl (C=O) groups is 1. The fourth-order valence-corrected chi connectivity index (χ4v) is 2.02. The smallest absolute Gasteiger partial charge is 0.223 e. The summed E-state index contributed by atoms with van der Waals surface area (Å²) in [6.07, 6.45) is 4.66. The van der Waals surface area contributed by atoms with E-state index in [2.05, 4.69) is 18.5 Å². The number of carbonyl (C=O) groups excluding carboxylic acids is 1. The molecule has 0 saturated carbocycles. The van der Waals surface area contributed by atoms with Crippen LogP contribution in [0.15, 0.2) is 55.6 Å². The van der Waals surface area contributed by atoms with Gasteiger partial charge in [-0.3, -0.25) is 4.79 Å². The van der Waals surface area contributed by atoms with E-state index in [-0.39, 0.29) is 18.4 Å². The fraction of sp³-hybridized carbons (Fsp3) is 0.353. The molecule has 0 spiro atoms. The normalized spacial score (nSPS) is 13.6. The van der Waals surface area contributed by atoms with Crippen molar-refractivity contribution in [2.24, 2.45) is 5.92 Å². The molecule has 0 bridgehead atoms. The van der Waals surface area contributed by atoms with Gasteiger partial charge in [0.1, 0.15) is 5.60 Å². The van der Waals surface area contributed by atoms with Gasteiger partial charge in [-0.15, -0.1) is 13.2 Å². The van der Waals surface area contributed by atoms with Crippen LogP contribution in [0, 0.1) is 5.92 Å². The van der Waals surface area contributed by atoms with Crippen LogP contribution in [0.3, 0.4) is 0 Å². The summed E-state index contributed by atoms with van der Waals surface area (Å²) >= 11 is 0. The van der Waals surface area contributed by atoms with Crippen LogP contribution in [0.1, 0.15) is 25.3 Å². The van der Waals surface area contributed by atoms with Crippen LogP contribution in [0.25, 0.3) is 0 Å². The molecule has 0 radical (unpaired) electrons. The van der Waals surface area contributed by atoms with Crippen molar-refractivity contribution in [3.8, 4) is 0 Å². The third-order valence-corrected chi connectivity index (χ3v) is 3.28. The van der Waals surface area contributed by atoms with Crippen LogP contribution in [-0.2, 0) is 10.4 Å². The Morgan fingerprint density at radius 2 is 1.85 bits per heavy atom. The second-order valence-corrected chi connectivity index (χ2v) is 5.10. The van der Waals surface area contributed by atoms with Crippen LogP contribution in [-0.4, -0.2) is 17.6 Å². The largest absolute Gasteiger partial charge is 0.384 e. The lowest BCUT2D eigenvalue weighted by atomic mass is 9.95. The Morgan fingerprint density at radius 3 is 2.35 bits per heavy atom. The number of allylic oxidation sites excluding steroid dienone is 2. The highest BCUT2D eigenvalue weighted by Crippen LogP contribution is 2.19. The van der Waals surface area contributed by atoms with Crippen molar-refractivity contribution in [3.05, 3.63) is 61.2 Å². The van der Waals surface area contributed by atoms with Crippen molar-refractivity contribution in [1.29, 1.82) is 0 Å². The van der Waals surface area contributed by atoms with Crippen LogP contribution in [0.2, 0.25) is 0 Å². The molecule has 0 aliphatic rings. The van der Waals surface area contributed by atoms with Gasteiger partial charge in [-0.1, -0.05) is 42.5 Å². The van der Waals surface area contributed by atoms with Crippen LogP contribution in [0.5, 0.6) is 0 Å². The summed E-state index contributed by atoms with van der Waals surface area (Å²) in [6.45, 7) is 9.19. The van der Waals surface area contributed by atoms with Crippen LogP contribution in [0.4, 0.5) is 0 Å². The van der Waals surface area contributed by atoms with E-state index in [1.54, 1.807) is 19.1 Å². The monoisotopic (exact) mass is 273 g/mol. The molecule has 1 aromatic rings. The number of benzene rings is 1. The van der Waals surface area contributed by atoms with Gasteiger partial charge in [-0.05, 0) is 25.3 Å². The molecule has 3 heteroatoms. The van der Waals surface area contributed by atoms with Gasteiger partial charge >= 0.3 is 0 Å². The summed E-state index contributed by atoms with van der Waals surface area (Å²) in [5, 5.41) is 13.2. The first kappa shape index (κ1) is 16.2. The summed E-state index contributed by atoms with van der Waals surface area (Å²) in [5.74, 6) is -0.252. The van der Waals surface area contributed by atoms with Crippen molar-refractivity contribution in [1.82, 2.24) is 5.32 Å². The number of nitrogens with one attached hydrogen (secondary N) is 1. The highest BCUT2D eigenvalue weighted by Gasteiger charge is 2.25. The molecule has 1 rings (SSSR count). The highest BCUT2D eigenvalue weighted by atomic mass is 16.3. The van der Waals surface area contributed by atoms with Crippen LogP contribution < -0.4 is 5.32 Å². The van der Waals surface area contributed by atoms with Crippen LogP contribution >= 0.6 is 0 Å². The molecule has 0 fully saturated rings. The second-order valence-electron chi connectivity index (χ2n) is 5.10. The lowest BCUT2D eigenvalue weighted by Crippen LogP contribution is -2.41. The highest BCUT2D eigenvalue weighted by molar-refractivity contribution is 5.79. The summed E-state index contributed by atoms with van der Waals surface area (Å²) in [5.41, 5.74) is -0.298. The number of hydrogen-bond acceptors (Lipinski definition) is 2.